The zero-order chi connectivity index (χ0) is 20.5. The van der Waals surface area contributed by atoms with E-state index in [1.54, 1.807) is 33.9 Å². The number of fused-ring (bicyclic) bond motifs is 1. The lowest BCUT2D eigenvalue weighted by Gasteiger charge is -2.38. The molecule has 6 nitrogen and oxygen atoms in total. The molecular formula is C19H33BN2O4Si. The van der Waals surface area contributed by atoms with Crippen molar-refractivity contribution in [1.82, 2.24) is 9.55 Å². The van der Waals surface area contributed by atoms with Crippen molar-refractivity contribution in [3.8, 4) is 0 Å². The molecule has 27 heavy (non-hydrogen) atoms. The summed E-state index contributed by atoms with van der Waals surface area (Å²) in [6.07, 6.45) is 3.54. The Hall–Kier alpha value is -1.19. The molecule has 0 aliphatic carbocycles. The molecular weight excluding hydrogens is 359 g/mol. The van der Waals surface area contributed by atoms with Crippen LogP contribution in [0.15, 0.2) is 24.5 Å². The molecule has 0 unspecified atom stereocenters. The third kappa shape index (κ3) is 5.89. The Morgan fingerprint density at radius 3 is 2.48 bits per heavy atom. The summed E-state index contributed by atoms with van der Waals surface area (Å²) in [5.41, 5.74) is -0.655. The fourth-order valence-electron chi connectivity index (χ4n) is 2.37. The number of hydrogen-bond donors (Lipinski definition) is 2. The highest BCUT2D eigenvalue weighted by molar-refractivity contribution is 6.76. The quantitative estimate of drug-likeness (QED) is 0.507. The number of aromatic nitrogens is 2. The van der Waals surface area contributed by atoms with Crippen LogP contribution in [0.4, 0.5) is 0 Å². The fourth-order valence-corrected chi connectivity index (χ4v) is 3.12. The highest BCUT2D eigenvalue weighted by Crippen LogP contribution is 2.25. The van der Waals surface area contributed by atoms with Gasteiger partial charge < -0.3 is 24.1 Å². The number of hydrogen-bond acceptors (Lipinski definition) is 5. The molecule has 2 N–H and O–H groups in total. The van der Waals surface area contributed by atoms with Crippen LogP contribution < -0.4 is 5.46 Å². The number of aliphatic hydroxyl groups is 1. The van der Waals surface area contributed by atoms with Gasteiger partial charge in [-0.3, -0.25) is 0 Å². The zero-order valence-electron chi connectivity index (χ0n) is 17.6. The normalized spacial score (nSPS) is 13.4. The van der Waals surface area contributed by atoms with Crippen LogP contribution in [0.3, 0.4) is 0 Å². The Labute approximate surface area is 163 Å². The summed E-state index contributed by atoms with van der Waals surface area (Å²) in [6, 6.07) is 4.93. The summed E-state index contributed by atoms with van der Waals surface area (Å²) in [4.78, 5) is 4.47. The topological polar surface area (TPSA) is 76.7 Å². The number of pyridine rings is 1. The van der Waals surface area contributed by atoms with Gasteiger partial charge in [0.1, 0.15) is 12.4 Å². The smallest absolute Gasteiger partial charge is 0.423 e. The van der Waals surface area contributed by atoms with Crippen LogP contribution in [0.2, 0.25) is 25.7 Å². The maximum absolute atomic E-state index is 10.4. The van der Waals surface area contributed by atoms with Crippen LogP contribution in [-0.4, -0.2) is 52.7 Å². The predicted octanol–water partition coefficient (Wildman–Crippen LogP) is 2.60. The molecule has 0 spiro atoms. The van der Waals surface area contributed by atoms with E-state index in [0.29, 0.717) is 12.2 Å². The van der Waals surface area contributed by atoms with Gasteiger partial charge in [-0.25, -0.2) is 4.98 Å². The molecule has 2 aromatic heterocycles. The third-order valence-corrected chi connectivity index (χ3v) is 6.72. The number of rotatable bonds is 9. The van der Waals surface area contributed by atoms with Gasteiger partial charge in [0.15, 0.2) is 0 Å². The average molecular weight is 392 g/mol. The minimum absolute atomic E-state index is 0.463. The molecule has 0 saturated heterocycles. The van der Waals surface area contributed by atoms with Crippen molar-refractivity contribution in [1.29, 1.82) is 0 Å². The summed E-state index contributed by atoms with van der Waals surface area (Å²) in [7, 11) is -2.26. The Bertz CT molecular complexity index is 765. The van der Waals surface area contributed by atoms with Crippen molar-refractivity contribution in [2.45, 2.75) is 71.3 Å². The molecule has 0 saturated carbocycles. The Morgan fingerprint density at radius 1 is 1.22 bits per heavy atom. The SMILES string of the molecule is CC(C)(O)C(C)(C)OB(O)c1cnc2c(ccn2COCC[Si](C)(C)C)c1. The van der Waals surface area contributed by atoms with E-state index in [1.807, 2.05) is 22.9 Å². The molecule has 0 bridgehead atoms. The maximum Gasteiger partial charge on any atom is 0.493 e. The minimum atomic E-state index is -1.17. The highest BCUT2D eigenvalue weighted by atomic mass is 28.3. The number of ether oxygens (including phenoxy) is 1. The average Bonchev–Trinajstić information content (AvgIpc) is 2.91. The number of nitrogens with zero attached hydrogens (tertiary/aromatic N) is 2. The second-order valence-corrected chi connectivity index (χ2v) is 15.0. The minimum Gasteiger partial charge on any atom is -0.423 e. The van der Waals surface area contributed by atoms with E-state index in [0.717, 1.165) is 23.7 Å². The first-order chi connectivity index (χ1) is 12.3. The predicted molar refractivity (Wildman–Crippen MR) is 113 cm³/mol. The van der Waals surface area contributed by atoms with Crippen LogP contribution in [0, 0.1) is 0 Å². The largest absolute Gasteiger partial charge is 0.493 e. The van der Waals surface area contributed by atoms with Gasteiger partial charge in [-0.15, -0.1) is 0 Å². The molecule has 2 heterocycles. The van der Waals surface area contributed by atoms with Gasteiger partial charge in [0.05, 0.1) is 11.2 Å². The van der Waals surface area contributed by atoms with Crippen molar-refractivity contribution in [2.75, 3.05) is 6.61 Å². The van der Waals surface area contributed by atoms with Crippen LogP contribution in [0.25, 0.3) is 11.0 Å². The van der Waals surface area contributed by atoms with Gasteiger partial charge >= 0.3 is 7.12 Å². The molecule has 0 amide bonds. The van der Waals surface area contributed by atoms with E-state index in [1.165, 1.54) is 0 Å². The molecule has 8 heteroatoms. The summed E-state index contributed by atoms with van der Waals surface area (Å²) >= 11 is 0. The van der Waals surface area contributed by atoms with Crippen LogP contribution in [-0.2, 0) is 16.1 Å². The monoisotopic (exact) mass is 392 g/mol. The van der Waals surface area contributed by atoms with Crippen molar-refractivity contribution in [3.05, 3.63) is 24.5 Å². The standard InChI is InChI=1S/C19H33BN2O4Si/c1-18(2,23)19(3,4)26-20(24)16-12-15-8-9-22(17(15)21-13-16)14-25-10-11-27(5,6)7/h8-9,12-13,23-24H,10-11,14H2,1-7H3. The summed E-state index contributed by atoms with van der Waals surface area (Å²) in [5, 5.41) is 21.5. The van der Waals surface area contributed by atoms with Crippen molar-refractivity contribution < 1.29 is 19.5 Å². The van der Waals surface area contributed by atoms with Gasteiger partial charge in [0, 0.05) is 37.9 Å². The van der Waals surface area contributed by atoms with E-state index in [2.05, 4.69) is 24.6 Å². The Kier molecular flexibility index (Phi) is 6.59. The van der Waals surface area contributed by atoms with Gasteiger partial charge in [-0.05, 0) is 45.9 Å². The molecule has 150 valence electrons. The Morgan fingerprint density at radius 2 is 1.89 bits per heavy atom. The lowest BCUT2D eigenvalue weighted by molar-refractivity contribution is -0.0982. The molecule has 0 atom stereocenters. The Balaban J connectivity index is 2.06. The third-order valence-electron chi connectivity index (χ3n) is 5.01. The molecule has 0 aliphatic heterocycles. The van der Waals surface area contributed by atoms with Crippen LogP contribution in [0.5, 0.6) is 0 Å². The van der Waals surface area contributed by atoms with E-state index in [4.69, 9.17) is 9.39 Å². The molecule has 0 radical (unpaired) electrons. The zero-order valence-corrected chi connectivity index (χ0v) is 18.6. The first-order valence-electron chi connectivity index (χ1n) is 9.41. The molecule has 0 aliphatic rings. The lowest BCUT2D eigenvalue weighted by Crippen LogP contribution is -2.53. The van der Waals surface area contributed by atoms with Crippen LogP contribution >= 0.6 is 0 Å². The van der Waals surface area contributed by atoms with Gasteiger partial charge in [-0.1, -0.05) is 19.6 Å². The first kappa shape index (κ1) is 22.1. The van der Waals surface area contributed by atoms with E-state index >= 15 is 0 Å². The molecule has 2 rings (SSSR count). The molecule has 2 aromatic rings. The highest BCUT2D eigenvalue weighted by Gasteiger charge is 2.39. The van der Waals surface area contributed by atoms with Gasteiger partial charge in [0.2, 0.25) is 0 Å². The van der Waals surface area contributed by atoms with Gasteiger partial charge in [0.25, 0.3) is 0 Å². The summed E-state index contributed by atoms with van der Waals surface area (Å²) in [5.74, 6) is 0. The fraction of sp³-hybridized carbons (Fsp3) is 0.632. The maximum atomic E-state index is 10.4. The van der Waals surface area contributed by atoms with E-state index < -0.39 is 26.4 Å². The van der Waals surface area contributed by atoms with Crippen molar-refractivity contribution in [3.63, 3.8) is 0 Å². The lowest BCUT2D eigenvalue weighted by atomic mass is 9.77. The summed E-state index contributed by atoms with van der Waals surface area (Å²) < 4.78 is 13.4. The second-order valence-electron chi connectivity index (χ2n) is 9.35. The summed E-state index contributed by atoms with van der Waals surface area (Å²) in [6.45, 7) is 15.0. The molecule has 0 fully saturated rings. The second kappa shape index (κ2) is 8.05. The van der Waals surface area contributed by atoms with Crippen molar-refractivity contribution >= 4 is 31.7 Å². The van der Waals surface area contributed by atoms with E-state index in [9.17, 15) is 10.1 Å². The molecule has 0 aromatic carbocycles. The van der Waals surface area contributed by atoms with Crippen molar-refractivity contribution in [2.24, 2.45) is 0 Å². The first-order valence-corrected chi connectivity index (χ1v) is 13.1. The van der Waals surface area contributed by atoms with Crippen LogP contribution in [0.1, 0.15) is 27.7 Å². The van der Waals surface area contributed by atoms with E-state index in [-0.39, 0.29) is 0 Å². The van der Waals surface area contributed by atoms with Gasteiger partial charge in [-0.2, -0.15) is 0 Å².